The van der Waals surface area contributed by atoms with Gasteiger partial charge in [-0.1, -0.05) is 24.3 Å². The van der Waals surface area contributed by atoms with Crippen LogP contribution in [0.2, 0.25) is 0 Å². The van der Waals surface area contributed by atoms with Crippen LogP contribution in [-0.4, -0.2) is 48.5 Å². The highest BCUT2D eigenvalue weighted by atomic mass is 32.2. The van der Waals surface area contributed by atoms with Gasteiger partial charge in [0.2, 0.25) is 0 Å². The molecule has 1 saturated heterocycles. The highest BCUT2D eigenvalue weighted by Crippen LogP contribution is 2.35. The van der Waals surface area contributed by atoms with E-state index in [1.54, 1.807) is 36.3 Å². The van der Waals surface area contributed by atoms with Gasteiger partial charge in [-0.05, 0) is 47.7 Å². The Morgan fingerprint density at radius 2 is 1.96 bits per heavy atom. The standard InChI is InChI=1S/C20H20N2O4S/c1-25-11-10-22-19(24)18(13-14-8-9-17(26-2)16(23)12-14)27-20(22)21-15-6-4-3-5-7-15/h3-9,12-13,23H,10-11H2,1-2H3/b18-13-,21-20?. The number of phenolic OH excluding ortho intramolecular Hbond substituents is 1. The molecule has 0 bridgehead atoms. The molecule has 0 aliphatic carbocycles. The van der Waals surface area contributed by atoms with Gasteiger partial charge in [0.25, 0.3) is 5.91 Å². The molecule has 140 valence electrons. The van der Waals surface area contributed by atoms with Crippen molar-refractivity contribution < 1.29 is 19.4 Å². The van der Waals surface area contributed by atoms with Crippen molar-refractivity contribution in [3.8, 4) is 11.5 Å². The number of carbonyl (C=O) groups excluding carboxylic acids is 1. The van der Waals surface area contributed by atoms with E-state index in [2.05, 4.69) is 4.99 Å². The molecular weight excluding hydrogens is 364 g/mol. The van der Waals surface area contributed by atoms with Gasteiger partial charge in [-0.3, -0.25) is 9.69 Å². The molecule has 2 aromatic carbocycles. The lowest BCUT2D eigenvalue weighted by atomic mass is 10.2. The van der Waals surface area contributed by atoms with Crippen LogP contribution in [0.25, 0.3) is 6.08 Å². The molecule has 0 atom stereocenters. The molecule has 1 aliphatic rings. The van der Waals surface area contributed by atoms with E-state index in [0.717, 1.165) is 5.69 Å². The lowest BCUT2D eigenvalue weighted by Gasteiger charge is -2.14. The first-order valence-electron chi connectivity index (χ1n) is 8.33. The maximum absolute atomic E-state index is 12.8. The van der Waals surface area contributed by atoms with E-state index in [9.17, 15) is 9.90 Å². The number of rotatable bonds is 6. The minimum Gasteiger partial charge on any atom is -0.504 e. The van der Waals surface area contributed by atoms with E-state index < -0.39 is 0 Å². The molecule has 2 aromatic rings. The van der Waals surface area contributed by atoms with Gasteiger partial charge in [-0.25, -0.2) is 4.99 Å². The van der Waals surface area contributed by atoms with Crippen molar-refractivity contribution in [2.45, 2.75) is 0 Å². The monoisotopic (exact) mass is 384 g/mol. The Hall–Kier alpha value is -2.77. The van der Waals surface area contributed by atoms with E-state index >= 15 is 0 Å². The summed E-state index contributed by atoms with van der Waals surface area (Å²) < 4.78 is 10.2. The van der Waals surface area contributed by atoms with Crippen LogP contribution in [0.3, 0.4) is 0 Å². The maximum atomic E-state index is 12.8. The first-order valence-corrected chi connectivity index (χ1v) is 9.15. The topological polar surface area (TPSA) is 71.4 Å². The van der Waals surface area contributed by atoms with E-state index in [-0.39, 0.29) is 11.7 Å². The van der Waals surface area contributed by atoms with Gasteiger partial charge >= 0.3 is 0 Å². The SMILES string of the molecule is COCCN1C(=O)/C(=C/c2ccc(OC)c(O)c2)SC1=Nc1ccccc1. The van der Waals surface area contributed by atoms with Crippen molar-refractivity contribution in [3.05, 3.63) is 59.0 Å². The number of amidine groups is 1. The third kappa shape index (κ3) is 4.50. The predicted octanol–water partition coefficient (Wildman–Crippen LogP) is 3.65. The molecule has 1 heterocycles. The third-order valence-corrected chi connectivity index (χ3v) is 4.90. The van der Waals surface area contributed by atoms with Crippen LogP contribution in [0.1, 0.15) is 5.56 Å². The van der Waals surface area contributed by atoms with Crippen molar-refractivity contribution in [3.63, 3.8) is 0 Å². The van der Waals surface area contributed by atoms with E-state index in [1.807, 2.05) is 30.3 Å². The fourth-order valence-corrected chi connectivity index (χ4v) is 3.56. The first-order chi connectivity index (χ1) is 13.1. The van der Waals surface area contributed by atoms with E-state index in [4.69, 9.17) is 9.47 Å². The number of thioether (sulfide) groups is 1. The number of hydrogen-bond donors (Lipinski definition) is 1. The zero-order valence-electron chi connectivity index (χ0n) is 15.1. The largest absolute Gasteiger partial charge is 0.504 e. The number of methoxy groups -OCH3 is 2. The van der Waals surface area contributed by atoms with Crippen LogP contribution in [0.5, 0.6) is 11.5 Å². The fraction of sp³-hybridized carbons (Fsp3) is 0.200. The molecule has 1 N–H and O–H groups in total. The summed E-state index contributed by atoms with van der Waals surface area (Å²) in [7, 11) is 3.09. The van der Waals surface area contributed by atoms with Crippen LogP contribution >= 0.6 is 11.8 Å². The molecule has 0 unspecified atom stereocenters. The van der Waals surface area contributed by atoms with E-state index in [1.165, 1.54) is 18.9 Å². The van der Waals surface area contributed by atoms with Crippen LogP contribution in [0.4, 0.5) is 5.69 Å². The van der Waals surface area contributed by atoms with E-state index in [0.29, 0.717) is 34.5 Å². The average Bonchev–Trinajstić information content (AvgIpc) is 2.95. The molecule has 0 aromatic heterocycles. The second-order valence-corrected chi connectivity index (χ2v) is 6.73. The summed E-state index contributed by atoms with van der Waals surface area (Å²) in [6.07, 6.45) is 1.74. The molecule has 0 saturated carbocycles. The number of para-hydroxylation sites is 1. The maximum Gasteiger partial charge on any atom is 0.266 e. The summed E-state index contributed by atoms with van der Waals surface area (Å²) in [4.78, 5) is 19.6. The zero-order chi connectivity index (χ0) is 19.2. The molecule has 27 heavy (non-hydrogen) atoms. The van der Waals surface area contributed by atoms with Gasteiger partial charge in [0.15, 0.2) is 16.7 Å². The summed E-state index contributed by atoms with van der Waals surface area (Å²) in [5.41, 5.74) is 1.48. The smallest absolute Gasteiger partial charge is 0.266 e. The minimum absolute atomic E-state index is 0.0247. The number of aromatic hydroxyl groups is 1. The fourth-order valence-electron chi connectivity index (χ4n) is 2.53. The van der Waals surface area contributed by atoms with Gasteiger partial charge in [-0.15, -0.1) is 0 Å². The van der Waals surface area contributed by atoms with Crippen LogP contribution in [0.15, 0.2) is 58.4 Å². The second-order valence-electron chi connectivity index (χ2n) is 5.72. The van der Waals surface area contributed by atoms with Crippen molar-refractivity contribution in [1.82, 2.24) is 4.90 Å². The Balaban J connectivity index is 1.92. The Morgan fingerprint density at radius 3 is 2.63 bits per heavy atom. The van der Waals surface area contributed by atoms with Crippen LogP contribution < -0.4 is 4.74 Å². The van der Waals surface area contributed by atoms with Gasteiger partial charge in [0.05, 0.1) is 30.9 Å². The Kier molecular flexibility index (Phi) is 6.16. The molecule has 3 rings (SSSR count). The van der Waals surface area contributed by atoms with Crippen molar-refractivity contribution in [2.24, 2.45) is 4.99 Å². The molecule has 0 radical (unpaired) electrons. The quantitative estimate of drug-likeness (QED) is 0.770. The number of amides is 1. The van der Waals surface area contributed by atoms with Crippen LogP contribution in [0, 0.1) is 0 Å². The van der Waals surface area contributed by atoms with Crippen molar-refractivity contribution in [1.29, 1.82) is 0 Å². The Bertz CT molecular complexity index is 881. The van der Waals surface area contributed by atoms with Gasteiger partial charge < -0.3 is 14.6 Å². The van der Waals surface area contributed by atoms with Crippen molar-refractivity contribution >= 4 is 34.6 Å². The summed E-state index contributed by atoms with van der Waals surface area (Å²) in [6.45, 7) is 0.829. The number of hydrogen-bond acceptors (Lipinski definition) is 6. The molecule has 0 spiro atoms. The zero-order valence-corrected chi connectivity index (χ0v) is 15.9. The lowest BCUT2D eigenvalue weighted by molar-refractivity contribution is -0.122. The number of nitrogens with zero attached hydrogens (tertiary/aromatic N) is 2. The average molecular weight is 384 g/mol. The Morgan fingerprint density at radius 1 is 1.19 bits per heavy atom. The normalized spacial score (nSPS) is 17.1. The van der Waals surface area contributed by atoms with Gasteiger partial charge in [0.1, 0.15) is 0 Å². The number of carbonyl (C=O) groups is 1. The number of phenols is 1. The summed E-state index contributed by atoms with van der Waals surface area (Å²) in [5.74, 6) is 0.273. The summed E-state index contributed by atoms with van der Waals surface area (Å²) in [5, 5.41) is 10.6. The first kappa shape index (κ1) is 19.0. The highest BCUT2D eigenvalue weighted by Gasteiger charge is 2.33. The summed E-state index contributed by atoms with van der Waals surface area (Å²) >= 11 is 1.30. The predicted molar refractivity (Wildman–Crippen MR) is 107 cm³/mol. The number of aliphatic imine (C=N–C) groups is 1. The number of benzene rings is 2. The third-order valence-electron chi connectivity index (χ3n) is 3.89. The minimum atomic E-state index is -0.137. The molecule has 1 amide bonds. The van der Waals surface area contributed by atoms with Gasteiger partial charge in [0, 0.05) is 7.11 Å². The highest BCUT2D eigenvalue weighted by molar-refractivity contribution is 8.18. The van der Waals surface area contributed by atoms with Crippen LogP contribution in [-0.2, 0) is 9.53 Å². The lowest BCUT2D eigenvalue weighted by Crippen LogP contribution is -2.32. The Labute approximate surface area is 162 Å². The summed E-state index contributed by atoms with van der Waals surface area (Å²) in [6, 6.07) is 14.5. The molecule has 1 aliphatic heterocycles. The molecule has 1 fully saturated rings. The molecule has 6 nitrogen and oxygen atoms in total. The number of ether oxygens (including phenoxy) is 2. The second kappa shape index (κ2) is 8.75. The van der Waals surface area contributed by atoms with Crippen molar-refractivity contribution in [2.75, 3.05) is 27.4 Å². The van der Waals surface area contributed by atoms with Gasteiger partial charge in [-0.2, -0.15) is 0 Å². The molecule has 7 heteroatoms. The molecular formula is C20H20N2O4S.